The maximum absolute atomic E-state index is 5.55. The summed E-state index contributed by atoms with van der Waals surface area (Å²) in [7, 11) is 0. The second-order valence-electron chi connectivity index (χ2n) is 3.64. The number of ether oxygens (including phenoxy) is 1. The lowest BCUT2D eigenvalue weighted by molar-refractivity contribution is 0.351. The van der Waals surface area contributed by atoms with Crippen molar-refractivity contribution in [2.45, 2.75) is 30.3 Å². The molecule has 1 saturated heterocycles. The lowest BCUT2D eigenvalue weighted by atomic mass is 10.2. The van der Waals surface area contributed by atoms with E-state index in [0.29, 0.717) is 17.5 Å². The Hall–Kier alpha value is -0.470. The van der Waals surface area contributed by atoms with Crippen molar-refractivity contribution in [1.29, 1.82) is 0 Å². The molecule has 13 heavy (non-hydrogen) atoms. The molecule has 2 heteroatoms. The van der Waals surface area contributed by atoms with Crippen molar-refractivity contribution in [1.82, 2.24) is 0 Å². The van der Waals surface area contributed by atoms with E-state index < -0.39 is 0 Å². The normalized spacial score (nSPS) is 26.4. The fourth-order valence-electron chi connectivity index (χ4n) is 1.31. The first kappa shape index (κ1) is 9.10. The van der Waals surface area contributed by atoms with Crippen LogP contribution in [0, 0.1) is 5.92 Å². The summed E-state index contributed by atoms with van der Waals surface area (Å²) in [6.07, 6.45) is 0.463. The number of benzene rings is 1. The molecule has 0 unspecified atom stereocenters. The Bertz CT molecular complexity index is 271. The molecule has 1 aromatic rings. The van der Waals surface area contributed by atoms with Crippen LogP contribution in [0.2, 0.25) is 0 Å². The molecule has 1 aromatic carbocycles. The molecule has 0 amide bonds. The first-order valence-corrected chi connectivity index (χ1v) is 5.52. The smallest absolute Gasteiger partial charge is 0.134 e. The lowest BCUT2D eigenvalue weighted by Gasteiger charge is -1.98. The number of rotatable bonds is 3. The van der Waals surface area contributed by atoms with Crippen LogP contribution in [0.15, 0.2) is 35.2 Å². The lowest BCUT2D eigenvalue weighted by Crippen LogP contribution is -1.99. The Labute approximate surface area is 83.5 Å². The minimum absolute atomic E-state index is 0.391. The largest absolute Gasteiger partial charge is 0.357 e. The standard InChI is InChI=1S/C11H14OS/c1-8(2)10-11(12-10)13-9-6-4-3-5-7-9/h3-8,10-11H,1-2H3/t10-,11-/m1/s1. The van der Waals surface area contributed by atoms with Gasteiger partial charge in [-0.3, -0.25) is 0 Å². The van der Waals surface area contributed by atoms with Gasteiger partial charge in [-0.2, -0.15) is 0 Å². The van der Waals surface area contributed by atoms with Crippen LogP contribution >= 0.6 is 11.8 Å². The molecule has 0 spiro atoms. The number of hydrogen-bond acceptors (Lipinski definition) is 2. The molecule has 0 saturated carbocycles. The van der Waals surface area contributed by atoms with Crippen LogP contribution in [0.4, 0.5) is 0 Å². The second kappa shape index (κ2) is 3.72. The summed E-state index contributed by atoms with van der Waals surface area (Å²) in [6.45, 7) is 4.41. The fourth-order valence-corrected chi connectivity index (χ4v) is 2.52. The molecule has 1 nitrogen and oxygen atoms in total. The van der Waals surface area contributed by atoms with E-state index in [9.17, 15) is 0 Å². The van der Waals surface area contributed by atoms with Crippen LogP contribution in [0.5, 0.6) is 0 Å². The molecule has 70 valence electrons. The summed E-state index contributed by atoms with van der Waals surface area (Å²) in [5.74, 6) is 0.640. The molecule has 0 radical (unpaired) electrons. The predicted molar refractivity (Wildman–Crippen MR) is 55.8 cm³/mol. The molecule has 1 heterocycles. The zero-order valence-corrected chi connectivity index (χ0v) is 8.75. The summed E-state index contributed by atoms with van der Waals surface area (Å²) < 4.78 is 5.55. The van der Waals surface area contributed by atoms with Gasteiger partial charge in [-0.05, 0) is 18.1 Å². The highest BCUT2D eigenvalue weighted by Gasteiger charge is 2.41. The minimum Gasteiger partial charge on any atom is -0.357 e. The van der Waals surface area contributed by atoms with Crippen LogP contribution in [0.25, 0.3) is 0 Å². The van der Waals surface area contributed by atoms with E-state index in [1.807, 2.05) is 17.8 Å². The van der Waals surface area contributed by atoms with Crippen molar-refractivity contribution in [3.8, 4) is 0 Å². The van der Waals surface area contributed by atoms with Gasteiger partial charge in [0.1, 0.15) is 5.44 Å². The van der Waals surface area contributed by atoms with Gasteiger partial charge in [0.25, 0.3) is 0 Å². The monoisotopic (exact) mass is 194 g/mol. The molecule has 1 aliphatic heterocycles. The quantitative estimate of drug-likeness (QED) is 0.685. The summed E-state index contributed by atoms with van der Waals surface area (Å²) in [5.41, 5.74) is 0.391. The summed E-state index contributed by atoms with van der Waals surface area (Å²) in [4.78, 5) is 1.30. The third kappa shape index (κ3) is 2.26. The Morgan fingerprint density at radius 2 is 1.92 bits per heavy atom. The van der Waals surface area contributed by atoms with E-state index in [0.717, 1.165) is 0 Å². The zero-order chi connectivity index (χ0) is 9.26. The van der Waals surface area contributed by atoms with Gasteiger partial charge in [-0.25, -0.2) is 0 Å². The first-order valence-electron chi connectivity index (χ1n) is 4.64. The van der Waals surface area contributed by atoms with Gasteiger partial charge in [0, 0.05) is 4.90 Å². The molecular formula is C11H14OS. The third-order valence-corrected chi connectivity index (χ3v) is 3.29. The van der Waals surface area contributed by atoms with Crippen molar-refractivity contribution in [3.63, 3.8) is 0 Å². The average Bonchev–Trinajstić information content (AvgIpc) is 2.86. The Balaban J connectivity index is 1.88. The van der Waals surface area contributed by atoms with Crippen molar-refractivity contribution >= 4 is 11.8 Å². The summed E-state index contributed by atoms with van der Waals surface area (Å²) in [5, 5.41) is 0. The van der Waals surface area contributed by atoms with E-state index in [4.69, 9.17) is 4.74 Å². The van der Waals surface area contributed by atoms with Gasteiger partial charge in [0.2, 0.25) is 0 Å². The first-order chi connectivity index (χ1) is 6.27. The number of epoxide rings is 1. The molecule has 0 aliphatic carbocycles. The topological polar surface area (TPSA) is 12.5 Å². The van der Waals surface area contributed by atoms with Crippen molar-refractivity contribution < 1.29 is 4.74 Å². The summed E-state index contributed by atoms with van der Waals surface area (Å²) in [6, 6.07) is 10.4. The van der Waals surface area contributed by atoms with Crippen molar-refractivity contribution in [3.05, 3.63) is 30.3 Å². The number of hydrogen-bond donors (Lipinski definition) is 0. The van der Waals surface area contributed by atoms with Gasteiger partial charge < -0.3 is 4.74 Å². The third-order valence-electron chi connectivity index (χ3n) is 2.14. The van der Waals surface area contributed by atoms with Crippen LogP contribution in [-0.2, 0) is 4.74 Å². The maximum atomic E-state index is 5.55. The molecule has 0 aromatic heterocycles. The Morgan fingerprint density at radius 1 is 1.23 bits per heavy atom. The SMILES string of the molecule is CC(C)[C@H]1O[C@@H]1Sc1ccccc1. The summed E-state index contributed by atoms with van der Waals surface area (Å²) >= 11 is 1.82. The molecule has 2 atom stereocenters. The predicted octanol–water partition coefficient (Wildman–Crippen LogP) is 3.16. The Morgan fingerprint density at radius 3 is 2.46 bits per heavy atom. The maximum Gasteiger partial charge on any atom is 0.134 e. The van der Waals surface area contributed by atoms with Gasteiger partial charge in [0.15, 0.2) is 0 Å². The fraction of sp³-hybridized carbons (Fsp3) is 0.455. The van der Waals surface area contributed by atoms with E-state index in [1.165, 1.54) is 4.90 Å². The van der Waals surface area contributed by atoms with Crippen LogP contribution < -0.4 is 0 Å². The number of thioether (sulfide) groups is 1. The Kier molecular flexibility index (Phi) is 2.61. The van der Waals surface area contributed by atoms with E-state index in [1.54, 1.807) is 0 Å². The molecular weight excluding hydrogens is 180 g/mol. The second-order valence-corrected chi connectivity index (χ2v) is 4.82. The average molecular weight is 194 g/mol. The van der Waals surface area contributed by atoms with E-state index >= 15 is 0 Å². The van der Waals surface area contributed by atoms with E-state index in [2.05, 4.69) is 38.1 Å². The highest BCUT2D eigenvalue weighted by atomic mass is 32.2. The highest BCUT2D eigenvalue weighted by Crippen LogP contribution is 2.41. The van der Waals surface area contributed by atoms with Gasteiger partial charge in [0.05, 0.1) is 6.10 Å². The molecule has 0 N–H and O–H groups in total. The van der Waals surface area contributed by atoms with Crippen molar-refractivity contribution in [2.24, 2.45) is 5.92 Å². The van der Waals surface area contributed by atoms with Crippen LogP contribution in [-0.4, -0.2) is 11.5 Å². The van der Waals surface area contributed by atoms with Crippen LogP contribution in [0.1, 0.15) is 13.8 Å². The minimum atomic E-state index is 0.391. The van der Waals surface area contributed by atoms with Gasteiger partial charge in [-0.1, -0.05) is 43.8 Å². The van der Waals surface area contributed by atoms with Crippen LogP contribution in [0.3, 0.4) is 0 Å². The van der Waals surface area contributed by atoms with E-state index in [-0.39, 0.29) is 0 Å². The molecule has 1 fully saturated rings. The van der Waals surface area contributed by atoms with Gasteiger partial charge in [-0.15, -0.1) is 0 Å². The molecule has 1 aliphatic rings. The highest BCUT2D eigenvalue weighted by molar-refractivity contribution is 8.00. The zero-order valence-electron chi connectivity index (χ0n) is 7.94. The van der Waals surface area contributed by atoms with Crippen molar-refractivity contribution in [2.75, 3.05) is 0 Å². The molecule has 2 rings (SSSR count). The van der Waals surface area contributed by atoms with Gasteiger partial charge >= 0.3 is 0 Å². The molecule has 0 bridgehead atoms.